The van der Waals surface area contributed by atoms with Crippen molar-refractivity contribution < 1.29 is 9.84 Å². The maximum Gasteiger partial charge on any atom is 0.0887 e. The van der Waals surface area contributed by atoms with E-state index >= 15 is 0 Å². The van der Waals surface area contributed by atoms with Crippen LogP contribution in [0.2, 0.25) is 0 Å². The van der Waals surface area contributed by atoms with E-state index in [1.807, 2.05) is 0 Å². The smallest absolute Gasteiger partial charge is 0.0887 e. The quantitative estimate of drug-likeness (QED) is 0.787. The summed E-state index contributed by atoms with van der Waals surface area (Å²) in [5, 5.41) is 8.52. The molecule has 2 nitrogen and oxygen atoms in total. The first kappa shape index (κ1) is 9.23. The first-order chi connectivity index (χ1) is 5.34. The molecule has 3 heteroatoms. The summed E-state index contributed by atoms with van der Waals surface area (Å²) in [6.45, 7) is 0.546. The van der Waals surface area contributed by atoms with Crippen molar-refractivity contribution in [2.24, 2.45) is 0 Å². The Morgan fingerprint density at radius 3 is 3.18 bits per heavy atom. The molecule has 0 aromatic heterocycles. The normalized spacial score (nSPS) is 24.9. The topological polar surface area (TPSA) is 29.5 Å². The third kappa shape index (κ3) is 2.93. The van der Waals surface area contributed by atoms with E-state index < -0.39 is 0 Å². The number of aliphatic hydroxyl groups excluding tert-OH is 1. The standard InChI is InChI=1S/C8H13BrO2/c9-7-3-1-2-4-8(7)11-6-5-10/h3,8,10H,1-2,4-6H2. The third-order valence-corrected chi connectivity index (χ3v) is 2.56. The molecule has 0 saturated heterocycles. The zero-order chi connectivity index (χ0) is 8.10. The summed E-state index contributed by atoms with van der Waals surface area (Å²) < 4.78 is 6.52. The molecule has 0 spiro atoms. The highest BCUT2D eigenvalue weighted by molar-refractivity contribution is 9.11. The van der Waals surface area contributed by atoms with Gasteiger partial charge < -0.3 is 9.84 Å². The highest BCUT2D eigenvalue weighted by Gasteiger charge is 2.15. The summed E-state index contributed by atoms with van der Waals surface area (Å²) in [5.41, 5.74) is 0. The summed E-state index contributed by atoms with van der Waals surface area (Å²) in [4.78, 5) is 0. The molecular weight excluding hydrogens is 208 g/mol. The summed E-state index contributed by atoms with van der Waals surface area (Å²) in [6, 6.07) is 0. The zero-order valence-electron chi connectivity index (χ0n) is 6.42. The molecule has 0 aliphatic heterocycles. The van der Waals surface area contributed by atoms with Gasteiger partial charge in [0.1, 0.15) is 0 Å². The van der Waals surface area contributed by atoms with E-state index in [2.05, 4.69) is 22.0 Å². The molecule has 0 radical (unpaired) electrons. The fraction of sp³-hybridized carbons (Fsp3) is 0.750. The second-order valence-corrected chi connectivity index (χ2v) is 3.52. The molecule has 0 heterocycles. The molecule has 0 amide bonds. The molecule has 1 atom stereocenters. The Kier molecular flexibility index (Phi) is 4.12. The maximum absolute atomic E-state index is 8.52. The van der Waals surface area contributed by atoms with Gasteiger partial charge in [0.15, 0.2) is 0 Å². The Hall–Kier alpha value is 0.140. The van der Waals surface area contributed by atoms with E-state index in [1.165, 1.54) is 6.42 Å². The third-order valence-electron chi connectivity index (χ3n) is 1.73. The highest BCUT2D eigenvalue weighted by atomic mass is 79.9. The molecule has 1 aliphatic carbocycles. The molecule has 1 N–H and O–H groups in total. The van der Waals surface area contributed by atoms with Crippen LogP contribution in [-0.4, -0.2) is 24.4 Å². The van der Waals surface area contributed by atoms with Gasteiger partial charge in [0, 0.05) is 4.48 Å². The van der Waals surface area contributed by atoms with Crippen LogP contribution < -0.4 is 0 Å². The van der Waals surface area contributed by atoms with Crippen molar-refractivity contribution in [1.29, 1.82) is 0 Å². The minimum absolute atomic E-state index is 0.108. The van der Waals surface area contributed by atoms with Crippen molar-refractivity contribution >= 4 is 15.9 Å². The molecule has 0 aromatic carbocycles. The van der Waals surface area contributed by atoms with Gasteiger partial charge in [-0.15, -0.1) is 0 Å². The molecule has 1 unspecified atom stereocenters. The molecule has 11 heavy (non-hydrogen) atoms. The lowest BCUT2D eigenvalue weighted by Crippen LogP contribution is -2.17. The monoisotopic (exact) mass is 220 g/mol. The van der Waals surface area contributed by atoms with Crippen LogP contribution in [0.5, 0.6) is 0 Å². The van der Waals surface area contributed by atoms with E-state index in [-0.39, 0.29) is 12.7 Å². The summed E-state index contributed by atoms with van der Waals surface area (Å²) in [6.07, 6.45) is 5.73. The van der Waals surface area contributed by atoms with Gasteiger partial charge >= 0.3 is 0 Å². The average molecular weight is 221 g/mol. The van der Waals surface area contributed by atoms with Gasteiger partial charge in [0.05, 0.1) is 19.3 Å². The van der Waals surface area contributed by atoms with Crippen LogP contribution in [0.3, 0.4) is 0 Å². The molecule has 0 saturated carbocycles. The predicted octanol–water partition coefficient (Wildman–Crippen LogP) is 1.83. The summed E-state index contributed by atoms with van der Waals surface area (Å²) in [7, 11) is 0. The molecule has 1 aliphatic rings. The van der Waals surface area contributed by atoms with E-state index in [9.17, 15) is 0 Å². The average Bonchev–Trinajstić information content (AvgIpc) is 2.03. The van der Waals surface area contributed by atoms with Gasteiger partial charge in [-0.25, -0.2) is 0 Å². The van der Waals surface area contributed by atoms with Crippen molar-refractivity contribution in [3.05, 3.63) is 10.6 Å². The second kappa shape index (κ2) is 4.91. The van der Waals surface area contributed by atoms with E-state index in [1.54, 1.807) is 0 Å². The predicted molar refractivity (Wildman–Crippen MR) is 47.7 cm³/mol. The minimum Gasteiger partial charge on any atom is -0.394 e. The van der Waals surface area contributed by atoms with Crippen molar-refractivity contribution in [3.8, 4) is 0 Å². The molecule has 0 bridgehead atoms. The van der Waals surface area contributed by atoms with Crippen LogP contribution in [0.25, 0.3) is 0 Å². The summed E-state index contributed by atoms with van der Waals surface area (Å²) in [5.74, 6) is 0. The molecule has 64 valence electrons. The maximum atomic E-state index is 8.52. The molecule has 1 rings (SSSR count). The number of ether oxygens (including phenoxy) is 1. The first-order valence-electron chi connectivity index (χ1n) is 3.92. The van der Waals surface area contributed by atoms with E-state index in [4.69, 9.17) is 9.84 Å². The van der Waals surface area contributed by atoms with Gasteiger partial charge in [-0.05, 0) is 19.3 Å². The van der Waals surface area contributed by atoms with Gasteiger partial charge in [-0.1, -0.05) is 22.0 Å². The fourth-order valence-corrected chi connectivity index (χ4v) is 1.76. The fourth-order valence-electron chi connectivity index (χ4n) is 1.17. The number of hydrogen-bond acceptors (Lipinski definition) is 2. The molecular formula is C8H13BrO2. The SMILES string of the molecule is OCCOC1CCCC=C1Br. The minimum atomic E-state index is 0.108. The number of halogens is 1. The largest absolute Gasteiger partial charge is 0.394 e. The van der Waals surface area contributed by atoms with E-state index in [0.717, 1.165) is 17.3 Å². The van der Waals surface area contributed by atoms with E-state index in [0.29, 0.717) is 6.61 Å². The zero-order valence-corrected chi connectivity index (χ0v) is 8.01. The number of aliphatic hydroxyl groups is 1. The van der Waals surface area contributed by atoms with Gasteiger partial charge in [0.25, 0.3) is 0 Å². The van der Waals surface area contributed by atoms with Gasteiger partial charge in [-0.3, -0.25) is 0 Å². The van der Waals surface area contributed by atoms with Crippen molar-refractivity contribution in [1.82, 2.24) is 0 Å². The van der Waals surface area contributed by atoms with Crippen LogP contribution in [0.1, 0.15) is 19.3 Å². The van der Waals surface area contributed by atoms with Crippen molar-refractivity contribution in [2.75, 3.05) is 13.2 Å². The highest BCUT2D eigenvalue weighted by Crippen LogP contribution is 2.25. The number of hydrogen-bond donors (Lipinski definition) is 1. The van der Waals surface area contributed by atoms with Crippen molar-refractivity contribution in [2.45, 2.75) is 25.4 Å². The van der Waals surface area contributed by atoms with Crippen LogP contribution in [0, 0.1) is 0 Å². The molecule has 0 aromatic rings. The Balaban J connectivity index is 2.31. The molecule has 0 fully saturated rings. The van der Waals surface area contributed by atoms with Crippen LogP contribution >= 0.6 is 15.9 Å². The van der Waals surface area contributed by atoms with Crippen molar-refractivity contribution in [3.63, 3.8) is 0 Å². The lowest BCUT2D eigenvalue weighted by atomic mass is 10.1. The Labute approximate surface area is 75.4 Å². The van der Waals surface area contributed by atoms with Crippen LogP contribution in [0.15, 0.2) is 10.6 Å². The first-order valence-corrected chi connectivity index (χ1v) is 4.72. The Morgan fingerprint density at radius 1 is 1.73 bits per heavy atom. The van der Waals surface area contributed by atoms with Gasteiger partial charge in [0.2, 0.25) is 0 Å². The van der Waals surface area contributed by atoms with Gasteiger partial charge in [-0.2, -0.15) is 0 Å². The Morgan fingerprint density at radius 2 is 2.55 bits per heavy atom. The summed E-state index contributed by atoms with van der Waals surface area (Å²) >= 11 is 3.44. The lowest BCUT2D eigenvalue weighted by Gasteiger charge is -2.20. The lowest BCUT2D eigenvalue weighted by molar-refractivity contribution is 0.0456. The number of allylic oxidation sites excluding steroid dienone is 1. The van der Waals surface area contributed by atoms with Crippen LogP contribution in [0.4, 0.5) is 0 Å². The van der Waals surface area contributed by atoms with Crippen LogP contribution in [-0.2, 0) is 4.74 Å². The second-order valence-electron chi connectivity index (χ2n) is 2.60. The Bertz CT molecular complexity index is 145. The number of rotatable bonds is 3.